The molecule has 2 aromatic carbocycles. The summed E-state index contributed by atoms with van der Waals surface area (Å²) in [6, 6.07) is 12.3. The summed E-state index contributed by atoms with van der Waals surface area (Å²) < 4.78 is 39.4. The Kier molecular flexibility index (Phi) is 5.74. The van der Waals surface area contributed by atoms with Crippen LogP contribution in [0.4, 0.5) is 9.18 Å². The van der Waals surface area contributed by atoms with Gasteiger partial charge in [-0.05, 0) is 66.9 Å². The molecule has 0 bridgehead atoms. The number of carbonyl (C=O) groups excluding carboxylic acids is 1. The van der Waals surface area contributed by atoms with Crippen LogP contribution in [0.2, 0.25) is 0 Å². The summed E-state index contributed by atoms with van der Waals surface area (Å²) in [7, 11) is -3.39. The number of halogens is 1. The minimum atomic E-state index is -3.39. The van der Waals surface area contributed by atoms with Gasteiger partial charge in [0.2, 0.25) is 0 Å². The SMILES string of the molecule is Cc1ccc(S(C)(=O)=O)cc1-c1c(CCNC(N)=O)ccn1-c1ccc(F)cc1. The Hall–Kier alpha value is -3.13. The minimum Gasteiger partial charge on any atom is -0.352 e. The van der Waals surface area contributed by atoms with Gasteiger partial charge in [0, 0.05) is 30.2 Å². The maximum absolute atomic E-state index is 13.4. The molecule has 29 heavy (non-hydrogen) atoms. The molecule has 0 fully saturated rings. The Morgan fingerprint density at radius 3 is 2.45 bits per heavy atom. The highest BCUT2D eigenvalue weighted by atomic mass is 32.2. The van der Waals surface area contributed by atoms with Crippen LogP contribution in [0.15, 0.2) is 59.6 Å². The van der Waals surface area contributed by atoms with Crippen molar-refractivity contribution in [3.05, 3.63) is 71.7 Å². The molecule has 0 saturated heterocycles. The quantitative estimate of drug-likeness (QED) is 0.647. The lowest BCUT2D eigenvalue weighted by molar-refractivity contribution is 0.249. The van der Waals surface area contributed by atoms with E-state index in [9.17, 15) is 17.6 Å². The van der Waals surface area contributed by atoms with Crippen molar-refractivity contribution in [3.8, 4) is 16.9 Å². The Morgan fingerprint density at radius 2 is 1.83 bits per heavy atom. The Labute approximate surface area is 169 Å². The van der Waals surface area contributed by atoms with Gasteiger partial charge in [-0.2, -0.15) is 0 Å². The largest absolute Gasteiger partial charge is 0.352 e. The minimum absolute atomic E-state index is 0.214. The van der Waals surface area contributed by atoms with Crippen molar-refractivity contribution in [1.29, 1.82) is 0 Å². The molecule has 3 aromatic rings. The van der Waals surface area contributed by atoms with E-state index in [1.54, 1.807) is 30.3 Å². The Morgan fingerprint density at radius 1 is 1.14 bits per heavy atom. The van der Waals surface area contributed by atoms with E-state index in [2.05, 4.69) is 5.32 Å². The van der Waals surface area contributed by atoms with Crippen LogP contribution < -0.4 is 11.1 Å². The number of urea groups is 1. The van der Waals surface area contributed by atoms with Crippen LogP contribution in [0.25, 0.3) is 16.9 Å². The topological polar surface area (TPSA) is 94.2 Å². The average Bonchev–Trinajstić information content (AvgIpc) is 3.05. The third kappa shape index (κ3) is 4.65. The van der Waals surface area contributed by atoms with Crippen LogP contribution in [0.5, 0.6) is 0 Å². The number of aryl methyl sites for hydroxylation is 1. The van der Waals surface area contributed by atoms with E-state index in [0.29, 0.717) is 13.0 Å². The lowest BCUT2D eigenvalue weighted by Crippen LogP contribution is -2.31. The number of rotatable bonds is 6. The second-order valence-electron chi connectivity index (χ2n) is 6.83. The van der Waals surface area contributed by atoms with Gasteiger partial charge in [-0.1, -0.05) is 6.07 Å². The number of amides is 2. The second kappa shape index (κ2) is 8.08. The number of primary amides is 1. The number of sulfone groups is 1. The molecule has 1 heterocycles. The van der Waals surface area contributed by atoms with Crippen molar-refractivity contribution in [2.45, 2.75) is 18.2 Å². The first-order valence-electron chi connectivity index (χ1n) is 8.97. The van der Waals surface area contributed by atoms with Gasteiger partial charge in [0.1, 0.15) is 5.82 Å². The monoisotopic (exact) mass is 415 g/mol. The highest BCUT2D eigenvalue weighted by molar-refractivity contribution is 7.90. The zero-order valence-electron chi connectivity index (χ0n) is 16.1. The van der Waals surface area contributed by atoms with Gasteiger partial charge in [0.05, 0.1) is 10.6 Å². The number of aromatic nitrogens is 1. The first kappa shape index (κ1) is 20.6. The molecule has 3 N–H and O–H groups in total. The first-order valence-corrected chi connectivity index (χ1v) is 10.9. The fourth-order valence-electron chi connectivity index (χ4n) is 3.20. The molecule has 0 spiro atoms. The summed E-state index contributed by atoms with van der Waals surface area (Å²) in [6.07, 6.45) is 3.50. The predicted octanol–water partition coefficient (Wildman–Crippen LogP) is 3.21. The molecule has 8 heteroatoms. The number of nitrogens with zero attached hydrogens (tertiary/aromatic N) is 1. The molecule has 0 atom stereocenters. The van der Waals surface area contributed by atoms with Crippen molar-refractivity contribution in [2.75, 3.05) is 12.8 Å². The van der Waals surface area contributed by atoms with Crippen molar-refractivity contribution >= 4 is 15.9 Å². The smallest absolute Gasteiger partial charge is 0.312 e. The van der Waals surface area contributed by atoms with Crippen LogP contribution in [-0.4, -0.2) is 31.8 Å². The van der Waals surface area contributed by atoms with Crippen molar-refractivity contribution in [1.82, 2.24) is 9.88 Å². The highest BCUT2D eigenvalue weighted by Crippen LogP contribution is 2.32. The van der Waals surface area contributed by atoms with Crippen LogP contribution in [-0.2, 0) is 16.3 Å². The zero-order valence-corrected chi connectivity index (χ0v) is 17.0. The van der Waals surface area contributed by atoms with E-state index in [1.807, 2.05) is 23.8 Å². The predicted molar refractivity (Wildman–Crippen MR) is 110 cm³/mol. The number of hydrogen-bond acceptors (Lipinski definition) is 3. The Balaban J connectivity index is 2.17. The molecule has 3 rings (SSSR count). The molecule has 152 valence electrons. The van der Waals surface area contributed by atoms with Gasteiger partial charge in [-0.3, -0.25) is 0 Å². The third-order valence-corrected chi connectivity index (χ3v) is 5.77. The van der Waals surface area contributed by atoms with E-state index >= 15 is 0 Å². The second-order valence-corrected chi connectivity index (χ2v) is 8.84. The van der Waals surface area contributed by atoms with E-state index in [1.165, 1.54) is 12.1 Å². The van der Waals surface area contributed by atoms with E-state index in [-0.39, 0.29) is 10.7 Å². The fourth-order valence-corrected chi connectivity index (χ4v) is 3.85. The number of nitrogens with two attached hydrogens (primary N) is 1. The summed E-state index contributed by atoms with van der Waals surface area (Å²) in [5.74, 6) is -0.344. The first-order chi connectivity index (χ1) is 13.7. The molecular formula is C21H22FN3O3S. The summed E-state index contributed by atoms with van der Waals surface area (Å²) in [5.41, 5.74) is 9.21. The molecule has 0 saturated carbocycles. The van der Waals surface area contributed by atoms with Gasteiger partial charge < -0.3 is 15.6 Å². The van der Waals surface area contributed by atoms with Crippen molar-refractivity contribution < 1.29 is 17.6 Å². The number of carbonyl (C=O) groups is 1. The molecule has 0 aliphatic carbocycles. The zero-order chi connectivity index (χ0) is 21.2. The van der Waals surface area contributed by atoms with Gasteiger partial charge in [-0.25, -0.2) is 17.6 Å². The van der Waals surface area contributed by atoms with Gasteiger partial charge >= 0.3 is 6.03 Å². The lowest BCUT2D eigenvalue weighted by Gasteiger charge is -2.15. The van der Waals surface area contributed by atoms with Crippen molar-refractivity contribution in [2.24, 2.45) is 5.73 Å². The van der Waals surface area contributed by atoms with Crippen LogP contribution in [0.3, 0.4) is 0 Å². The van der Waals surface area contributed by atoms with Crippen molar-refractivity contribution in [3.63, 3.8) is 0 Å². The lowest BCUT2D eigenvalue weighted by atomic mass is 10.0. The number of benzene rings is 2. The number of hydrogen-bond donors (Lipinski definition) is 2. The maximum Gasteiger partial charge on any atom is 0.312 e. The van der Waals surface area contributed by atoms with E-state index < -0.39 is 15.9 Å². The summed E-state index contributed by atoms with van der Waals surface area (Å²) in [5, 5.41) is 2.56. The molecule has 0 unspecified atom stereocenters. The molecule has 0 radical (unpaired) electrons. The fraction of sp³-hybridized carbons (Fsp3) is 0.190. The molecule has 1 aromatic heterocycles. The van der Waals surface area contributed by atoms with Crippen LogP contribution in [0.1, 0.15) is 11.1 Å². The molecular weight excluding hydrogens is 393 g/mol. The highest BCUT2D eigenvalue weighted by Gasteiger charge is 2.18. The normalized spacial score (nSPS) is 11.4. The molecule has 2 amide bonds. The summed E-state index contributed by atoms with van der Waals surface area (Å²) in [6.45, 7) is 2.23. The average molecular weight is 415 g/mol. The third-order valence-electron chi connectivity index (χ3n) is 4.66. The Bertz CT molecular complexity index is 1150. The molecule has 0 aliphatic rings. The van der Waals surface area contributed by atoms with Crippen LogP contribution >= 0.6 is 0 Å². The molecule has 6 nitrogen and oxygen atoms in total. The molecule has 0 aliphatic heterocycles. The van der Waals surface area contributed by atoms with E-state index in [0.717, 1.165) is 34.3 Å². The van der Waals surface area contributed by atoms with Gasteiger partial charge in [-0.15, -0.1) is 0 Å². The summed E-state index contributed by atoms with van der Waals surface area (Å²) in [4.78, 5) is 11.2. The van der Waals surface area contributed by atoms with Gasteiger partial charge in [0.15, 0.2) is 9.84 Å². The number of nitrogens with one attached hydrogen (secondary N) is 1. The standard InChI is InChI=1S/C21H22FN3O3S/c1-14-3-8-18(29(2,27)28)13-19(14)20-15(9-11-24-21(23)26)10-12-25(20)17-6-4-16(22)5-7-17/h3-8,10,12-13H,9,11H2,1-2H3,(H3,23,24,26). The van der Waals surface area contributed by atoms with Crippen LogP contribution in [0, 0.1) is 12.7 Å². The van der Waals surface area contributed by atoms with Gasteiger partial charge in [0.25, 0.3) is 0 Å². The maximum atomic E-state index is 13.4. The van der Waals surface area contributed by atoms with E-state index in [4.69, 9.17) is 5.73 Å². The summed E-state index contributed by atoms with van der Waals surface area (Å²) >= 11 is 0.